The molecule has 1 aromatic heterocycles. The molecule has 1 fully saturated rings. The molecule has 0 radical (unpaired) electrons. The topological polar surface area (TPSA) is 82.5 Å². The van der Waals surface area contributed by atoms with Crippen LogP contribution < -0.4 is 4.74 Å². The zero-order valence-corrected chi connectivity index (χ0v) is 17.2. The van der Waals surface area contributed by atoms with E-state index in [9.17, 15) is 9.59 Å². The molecule has 0 atom stereocenters. The van der Waals surface area contributed by atoms with Gasteiger partial charge < -0.3 is 23.8 Å². The van der Waals surface area contributed by atoms with Gasteiger partial charge in [-0.05, 0) is 45.3 Å². The van der Waals surface area contributed by atoms with Gasteiger partial charge in [0.05, 0.1) is 12.6 Å². The van der Waals surface area contributed by atoms with Crippen LogP contribution in [0.25, 0.3) is 10.9 Å². The second-order valence-corrected chi connectivity index (χ2v) is 7.34. The Labute approximate surface area is 169 Å². The van der Waals surface area contributed by atoms with Gasteiger partial charge in [0.2, 0.25) is 6.79 Å². The molecule has 0 spiro atoms. The van der Waals surface area contributed by atoms with E-state index in [1.54, 1.807) is 19.4 Å². The van der Waals surface area contributed by atoms with Gasteiger partial charge in [-0.25, -0.2) is 9.59 Å². The van der Waals surface area contributed by atoms with Gasteiger partial charge in [-0.3, -0.25) is 9.47 Å². The number of carbonyl (C=O) groups excluding carboxylic acids is 2. The summed E-state index contributed by atoms with van der Waals surface area (Å²) in [4.78, 5) is 28.3. The van der Waals surface area contributed by atoms with Gasteiger partial charge in [0.25, 0.3) is 0 Å². The molecule has 0 unspecified atom stereocenters. The summed E-state index contributed by atoms with van der Waals surface area (Å²) in [7, 11) is 7.48. The summed E-state index contributed by atoms with van der Waals surface area (Å²) in [5.74, 6) is 0.633. The molecule has 0 saturated carbocycles. The average molecular weight is 405 g/mol. The van der Waals surface area contributed by atoms with Crippen LogP contribution in [0.4, 0.5) is 9.59 Å². The Kier molecular flexibility index (Phi) is 6.60. The number of aromatic nitrogens is 1. The van der Waals surface area contributed by atoms with Crippen LogP contribution in [0.2, 0.25) is 0 Å². The largest absolute Gasteiger partial charge is 0.511 e. The molecule has 0 aliphatic carbocycles. The van der Waals surface area contributed by atoms with E-state index in [1.165, 1.54) is 4.57 Å². The predicted molar refractivity (Wildman–Crippen MR) is 106 cm³/mol. The third kappa shape index (κ3) is 5.18. The van der Waals surface area contributed by atoms with E-state index in [0.717, 1.165) is 23.9 Å². The molecule has 3 rings (SSSR count). The second-order valence-electron chi connectivity index (χ2n) is 7.34. The monoisotopic (exact) mass is 405 g/mol. The molecule has 1 aliphatic heterocycles. The van der Waals surface area contributed by atoms with Crippen molar-refractivity contribution < 1.29 is 28.5 Å². The smallest absolute Gasteiger partial charge is 0.497 e. The molecule has 0 N–H and O–H groups in total. The van der Waals surface area contributed by atoms with Crippen molar-refractivity contribution in [1.29, 1.82) is 0 Å². The molecular weight excluding hydrogens is 378 g/mol. The summed E-state index contributed by atoms with van der Waals surface area (Å²) in [5.41, 5.74) is 1.69. The van der Waals surface area contributed by atoms with E-state index in [4.69, 9.17) is 18.9 Å². The molecule has 9 heteroatoms. The molecule has 0 amide bonds. The maximum Gasteiger partial charge on any atom is 0.511 e. The number of hydrogen-bond donors (Lipinski definition) is 0. The number of fused-ring (bicyclic) bond motifs is 1. The first-order chi connectivity index (χ1) is 13.9. The Balaban J connectivity index is 1.65. The third-order valence-corrected chi connectivity index (χ3v) is 4.77. The fraction of sp³-hybridized carbons (Fsp3) is 0.500. The van der Waals surface area contributed by atoms with Gasteiger partial charge in [-0.2, -0.15) is 0 Å². The summed E-state index contributed by atoms with van der Waals surface area (Å²) in [5, 5.41) is 0.944. The maximum absolute atomic E-state index is 12.6. The lowest BCUT2D eigenvalue weighted by Crippen LogP contribution is -2.50. The zero-order valence-electron chi connectivity index (χ0n) is 17.2. The summed E-state index contributed by atoms with van der Waals surface area (Å²) in [6.45, 7) is 1.66. The molecule has 1 aromatic carbocycles. The average Bonchev–Trinajstić information content (AvgIpc) is 3.03. The Morgan fingerprint density at radius 2 is 1.97 bits per heavy atom. The molecule has 1 aliphatic rings. The number of nitrogens with zero attached hydrogens (tertiary/aromatic N) is 3. The van der Waals surface area contributed by atoms with Gasteiger partial charge in [0.1, 0.15) is 11.9 Å². The minimum absolute atomic E-state index is 0.177. The van der Waals surface area contributed by atoms with Gasteiger partial charge in [-0.1, -0.05) is 0 Å². The minimum atomic E-state index is -0.846. The highest BCUT2D eigenvalue weighted by Gasteiger charge is 2.27. The van der Waals surface area contributed by atoms with Crippen molar-refractivity contribution in [2.24, 2.45) is 0 Å². The lowest BCUT2D eigenvalue weighted by Gasteiger charge is -2.34. The van der Waals surface area contributed by atoms with E-state index < -0.39 is 19.0 Å². The standard InChI is InChI=1S/C20H27N3O6/c1-21(2)8-7-14-10-23(18-9-15(26-4)5-6-17(14)18)19(24)27-13-28-20(25)29-16-11-22(3)12-16/h5-6,9-10,16H,7-8,11-13H2,1-4H3. The molecule has 29 heavy (non-hydrogen) atoms. The van der Waals surface area contributed by atoms with E-state index in [1.807, 2.05) is 38.2 Å². The van der Waals surface area contributed by atoms with Crippen molar-refractivity contribution in [2.75, 3.05) is 54.7 Å². The van der Waals surface area contributed by atoms with Gasteiger partial charge in [-0.15, -0.1) is 0 Å². The van der Waals surface area contributed by atoms with E-state index in [2.05, 4.69) is 4.90 Å². The lowest BCUT2D eigenvalue weighted by molar-refractivity contribution is -0.0610. The number of likely N-dealkylation sites (tertiary alicyclic amines) is 1. The highest BCUT2D eigenvalue weighted by atomic mass is 16.8. The summed E-state index contributed by atoms with van der Waals surface area (Å²) in [6.07, 6.45) is 0.855. The number of rotatable bonds is 7. The number of likely N-dealkylation sites (N-methyl/N-ethyl adjacent to an activating group) is 2. The Morgan fingerprint density at radius 1 is 1.21 bits per heavy atom. The van der Waals surface area contributed by atoms with Gasteiger partial charge in [0.15, 0.2) is 0 Å². The number of hydrogen-bond acceptors (Lipinski definition) is 8. The van der Waals surface area contributed by atoms with Crippen molar-refractivity contribution in [2.45, 2.75) is 12.5 Å². The third-order valence-electron chi connectivity index (χ3n) is 4.77. The molecule has 1 saturated heterocycles. The number of methoxy groups -OCH3 is 1. The van der Waals surface area contributed by atoms with Crippen LogP contribution >= 0.6 is 0 Å². The lowest BCUT2D eigenvalue weighted by atomic mass is 10.1. The Morgan fingerprint density at radius 3 is 2.62 bits per heavy atom. The maximum atomic E-state index is 12.6. The van der Waals surface area contributed by atoms with Crippen molar-refractivity contribution in [3.63, 3.8) is 0 Å². The number of benzene rings is 1. The molecule has 0 bridgehead atoms. The quantitative estimate of drug-likeness (QED) is 0.512. The first-order valence-corrected chi connectivity index (χ1v) is 9.39. The molecule has 2 aromatic rings. The van der Waals surface area contributed by atoms with Gasteiger partial charge in [0, 0.05) is 37.3 Å². The van der Waals surface area contributed by atoms with Crippen molar-refractivity contribution >= 4 is 23.2 Å². The summed E-state index contributed by atoms with van der Waals surface area (Å²) in [6, 6.07) is 5.55. The highest BCUT2D eigenvalue weighted by molar-refractivity contribution is 5.92. The predicted octanol–water partition coefficient (Wildman–Crippen LogP) is 2.16. The zero-order chi connectivity index (χ0) is 21.0. The molecular formula is C20H27N3O6. The van der Waals surface area contributed by atoms with Crippen LogP contribution in [-0.4, -0.2) is 87.4 Å². The van der Waals surface area contributed by atoms with Crippen LogP contribution in [0.3, 0.4) is 0 Å². The van der Waals surface area contributed by atoms with Gasteiger partial charge >= 0.3 is 12.2 Å². The Bertz CT molecular complexity index is 872. The van der Waals surface area contributed by atoms with Crippen LogP contribution in [0.1, 0.15) is 5.56 Å². The van der Waals surface area contributed by atoms with Crippen molar-refractivity contribution in [3.05, 3.63) is 30.0 Å². The van der Waals surface area contributed by atoms with Crippen molar-refractivity contribution in [3.8, 4) is 5.75 Å². The number of ether oxygens (including phenoxy) is 4. The van der Waals surface area contributed by atoms with E-state index in [0.29, 0.717) is 24.4 Å². The molecule has 2 heterocycles. The summed E-state index contributed by atoms with van der Waals surface area (Å²) < 4.78 is 21.7. The highest BCUT2D eigenvalue weighted by Crippen LogP contribution is 2.26. The normalized spacial score (nSPS) is 14.7. The van der Waals surface area contributed by atoms with E-state index >= 15 is 0 Å². The summed E-state index contributed by atoms with van der Waals surface area (Å²) >= 11 is 0. The van der Waals surface area contributed by atoms with Crippen LogP contribution in [0.5, 0.6) is 5.75 Å². The number of carbonyl (C=O) groups is 2. The van der Waals surface area contributed by atoms with Crippen LogP contribution in [0.15, 0.2) is 24.4 Å². The van der Waals surface area contributed by atoms with Crippen LogP contribution in [0, 0.1) is 0 Å². The molecule has 158 valence electrons. The molecule has 9 nitrogen and oxygen atoms in total. The second kappa shape index (κ2) is 9.15. The van der Waals surface area contributed by atoms with Crippen LogP contribution in [-0.2, 0) is 20.6 Å². The first-order valence-electron chi connectivity index (χ1n) is 9.39. The minimum Gasteiger partial charge on any atom is -0.497 e. The fourth-order valence-electron chi connectivity index (χ4n) is 3.18. The fourth-order valence-corrected chi connectivity index (χ4v) is 3.18. The van der Waals surface area contributed by atoms with E-state index in [-0.39, 0.29) is 6.10 Å². The first kappa shape index (κ1) is 20.9. The SMILES string of the molecule is COc1ccc2c(CCN(C)C)cn(C(=O)OCOC(=O)OC3CN(C)C3)c2c1. The Hall–Kier alpha value is -2.78. The van der Waals surface area contributed by atoms with Crippen molar-refractivity contribution in [1.82, 2.24) is 14.4 Å².